The Hall–Kier alpha value is -2.47. The molecule has 180 valence electrons. The van der Waals surface area contributed by atoms with E-state index in [1.54, 1.807) is 13.2 Å². The molecular formula is C27H39N3O3. The molecule has 0 saturated heterocycles. The lowest BCUT2D eigenvalue weighted by Crippen LogP contribution is -2.46. The van der Waals surface area contributed by atoms with Crippen molar-refractivity contribution in [2.24, 2.45) is 17.8 Å². The predicted octanol–water partition coefficient (Wildman–Crippen LogP) is 4.46. The van der Waals surface area contributed by atoms with Crippen molar-refractivity contribution in [3.05, 3.63) is 42.1 Å². The van der Waals surface area contributed by atoms with E-state index in [9.17, 15) is 14.7 Å². The van der Waals surface area contributed by atoms with Crippen molar-refractivity contribution in [2.45, 2.75) is 77.4 Å². The average Bonchev–Trinajstić information content (AvgIpc) is 2.82. The second-order valence-electron chi connectivity index (χ2n) is 9.98. The first-order chi connectivity index (χ1) is 15.9. The molecule has 1 heterocycles. The molecule has 0 unspecified atom stereocenters. The van der Waals surface area contributed by atoms with Crippen molar-refractivity contribution in [1.82, 2.24) is 15.6 Å². The van der Waals surface area contributed by atoms with Crippen LogP contribution in [-0.4, -0.2) is 41.1 Å². The van der Waals surface area contributed by atoms with Gasteiger partial charge >= 0.3 is 0 Å². The van der Waals surface area contributed by atoms with Gasteiger partial charge in [0, 0.05) is 24.5 Å². The summed E-state index contributed by atoms with van der Waals surface area (Å²) in [5, 5.41) is 18.0. The molecule has 0 bridgehead atoms. The number of aliphatic hydroxyl groups is 1. The Balaban J connectivity index is 1.76. The average molecular weight is 454 g/mol. The number of para-hydroxylation sites is 1. The van der Waals surface area contributed by atoms with Gasteiger partial charge < -0.3 is 15.7 Å². The zero-order chi connectivity index (χ0) is 23.8. The summed E-state index contributed by atoms with van der Waals surface area (Å²) >= 11 is 0. The van der Waals surface area contributed by atoms with Crippen LogP contribution in [0.4, 0.5) is 0 Å². The third-order valence-corrected chi connectivity index (χ3v) is 6.84. The fourth-order valence-corrected chi connectivity index (χ4v) is 5.08. The Kier molecular flexibility index (Phi) is 9.24. The molecule has 1 aromatic carbocycles. The molecule has 1 aliphatic rings. The minimum Gasteiger partial charge on any atom is -0.391 e. The summed E-state index contributed by atoms with van der Waals surface area (Å²) in [7, 11) is 1.63. The second-order valence-corrected chi connectivity index (χ2v) is 9.98. The third kappa shape index (κ3) is 7.26. The lowest BCUT2D eigenvalue weighted by molar-refractivity contribution is -0.126. The van der Waals surface area contributed by atoms with Gasteiger partial charge in [0.15, 0.2) is 0 Å². The number of benzene rings is 1. The summed E-state index contributed by atoms with van der Waals surface area (Å²) in [4.78, 5) is 30.0. The summed E-state index contributed by atoms with van der Waals surface area (Å²) < 4.78 is 0. The zero-order valence-electron chi connectivity index (χ0n) is 20.2. The van der Waals surface area contributed by atoms with Crippen LogP contribution in [0.3, 0.4) is 0 Å². The number of nitrogens with one attached hydrogen (secondary N) is 2. The quantitative estimate of drug-likeness (QED) is 0.495. The number of rotatable bonds is 10. The number of nitrogens with zero attached hydrogens (tertiary/aromatic N) is 1. The standard InChI is InChI=1S/C27H39N3O3/c1-18(2)13-21(26(32)28-3)16-25(31)24(14-19-9-5-4-6-10-19)30-27(33)22-15-20-11-7-8-12-23(20)29-17-22/h7-8,11-12,15,17-19,21,24-25,31H,4-6,9-10,13-14,16H2,1-3H3,(H,28,32)(H,30,33)/t21-,24+,25+/m0/s1. The number of carbonyl (C=O) groups excluding carboxylic acids is 2. The molecule has 2 aromatic rings. The highest BCUT2D eigenvalue weighted by Gasteiger charge is 2.30. The zero-order valence-corrected chi connectivity index (χ0v) is 20.2. The molecule has 0 spiro atoms. The van der Waals surface area contributed by atoms with Gasteiger partial charge in [0.25, 0.3) is 5.91 Å². The summed E-state index contributed by atoms with van der Waals surface area (Å²) in [6.45, 7) is 4.16. The number of hydrogen-bond acceptors (Lipinski definition) is 4. The van der Waals surface area contributed by atoms with Crippen molar-refractivity contribution in [1.29, 1.82) is 0 Å². The number of amides is 2. The second kappa shape index (κ2) is 12.1. The van der Waals surface area contributed by atoms with Crippen LogP contribution in [0.15, 0.2) is 36.5 Å². The van der Waals surface area contributed by atoms with Gasteiger partial charge in [0.05, 0.1) is 23.2 Å². The van der Waals surface area contributed by atoms with E-state index in [1.807, 2.05) is 30.3 Å². The summed E-state index contributed by atoms with van der Waals surface area (Å²) in [5.74, 6) is 0.266. The monoisotopic (exact) mass is 453 g/mol. The smallest absolute Gasteiger partial charge is 0.253 e. The van der Waals surface area contributed by atoms with Crippen LogP contribution in [0.1, 0.15) is 75.6 Å². The number of pyridine rings is 1. The van der Waals surface area contributed by atoms with Crippen molar-refractivity contribution in [3.63, 3.8) is 0 Å². The minimum absolute atomic E-state index is 0.0516. The summed E-state index contributed by atoms with van der Waals surface area (Å²) in [6, 6.07) is 9.15. The lowest BCUT2D eigenvalue weighted by atomic mass is 9.81. The van der Waals surface area contributed by atoms with Crippen molar-refractivity contribution >= 4 is 22.7 Å². The van der Waals surface area contributed by atoms with E-state index >= 15 is 0 Å². The lowest BCUT2D eigenvalue weighted by Gasteiger charge is -2.32. The van der Waals surface area contributed by atoms with Gasteiger partial charge in [0.1, 0.15) is 0 Å². The van der Waals surface area contributed by atoms with Crippen LogP contribution in [0.2, 0.25) is 0 Å². The Morgan fingerprint density at radius 1 is 1.12 bits per heavy atom. The molecule has 2 amide bonds. The van der Waals surface area contributed by atoms with E-state index in [1.165, 1.54) is 19.3 Å². The molecule has 1 fully saturated rings. The van der Waals surface area contributed by atoms with Gasteiger partial charge in [-0.15, -0.1) is 0 Å². The van der Waals surface area contributed by atoms with Gasteiger partial charge in [-0.1, -0.05) is 64.2 Å². The Morgan fingerprint density at radius 2 is 1.85 bits per heavy atom. The first-order valence-electron chi connectivity index (χ1n) is 12.4. The largest absolute Gasteiger partial charge is 0.391 e. The summed E-state index contributed by atoms with van der Waals surface area (Å²) in [6.07, 6.45) is 8.49. The number of aliphatic hydroxyl groups excluding tert-OH is 1. The fourth-order valence-electron chi connectivity index (χ4n) is 5.08. The molecule has 0 aliphatic heterocycles. The molecule has 1 saturated carbocycles. The van der Waals surface area contributed by atoms with E-state index in [0.717, 1.165) is 30.2 Å². The van der Waals surface area contributed by atoms with E-state index in [-0.39, 0.29) is 17.7 Å². The first-order valence-corrected chi connectivity index (χ1v) is 12.4. The predicted molar refractivity (Wildman–Crippen MR) is 132 cm³/mol. The Labute approximate surface area is 197 Å². The maximum absolute atomic E-state index is 13.2. The van der Waals surface area contributed by atoms with Gasteiger partial charge in [-0.3, -0.25) is 14.6 Å². The molecule has 33 heavy (non-hydrogen) atoms. The highest BCUT2D eigenvalue weighted by molar-refractivity contribution is 5.97. The SMILES string of the molecule is CNC(=O)[C@@H](CC(C)C)C[C@@H](O)[C@@H](CC1CCCCC1)NC(=O)c1cnc2ccccc2c1. The highest BCUT2D eigenvalue weighted by Crippen LogP contribution is 2.29. The van der Waals surface area contributed by atoms with Crippen LogP contribution in [0, 0.1) is 17.8 Å². The molecular weight excluding hydrogens is 414 g/mol. The Morgan fingerprint density at radius 3 is 2.55 bits per heavy atom. The topological polar surface area (TPSA) is 91.3 Å². The maximum atomic E-state index is 13.2. The molecule has 1 aliphatic carbocycles. The van der Waals surface area contributed by atoms with Crippen molar-refractivity contribution < 1.29 is 14.7 Å². The van der Waals surface area contributed by atoms with Crippen molar-refractivity contribution in [2.75, 3.05) is 7.05 Å². The minimum atomic E-state index is -0.787. The van der Waals surface area contributed by atoms with Crippen LogP contribution >= 0.6 is 0 Å². The molecule has 3 N–H and O–H groups in total. The normalized spacial score (nSPS) is 17.5. The van der Waals surface area contributed by atoms with Gasteiger partial charge in [0.2, 0.25) is 5.91 Å². The van der Waals surface area contributed by atoms with Crippen LogP contribution in [0.5, 0.6) is 0 Å². The first kappa shape index (κ1) is 25.2. The molecule has 3 rings (SSSR count). The van der Waals surface area contributed by atoms with Crippen LogP contribution in [-0.2, 0) is 4.79 Å². The van der Waals surface area contributed by atoms with Gasteiger partial charge in [-0.25, -0.2) is 0 Å². The van der Waals surface area contributed by atoms with E-state index in [4.69, 9.17) is 0 Å². The van der Waals surface area contributed by atoms with Crippen molar-refractivity contribution in [3.8, 4) is 0 Å². The van der Waals surface area contributed by atoms with E-state index in [0.29, 0.717) is 30.2 Å². The molecule has 6 heteroatoms. The number of carbonyl (C=O) groups is 2. The highest BCUT2D eigenvalue weighted by atomic mass is 16.3. The number of fused-ring (bicyclic) bond motifs is 1. The number of hydrogen-bond donors (Lipinski definition) is 3. The Bertz CT molecular complexity index is 924. The van der Waals surface area contributed by atoms with Crippen LogP contribution in [0.25, 0.3) is 10.9 Å². The van der Waals surface area contributed by atoms with Crippen LogP contribution < -0.4 is 10.6 Å². The molecule has 6 nitrogen and oxygen atoms in total. The maximum Gasteiger partial charge on any atom is 0.253 e. The third-order valence-electron chi connectivity index (χ3n) is 6.84. The molecule has 0 radical (unpaired) electrons. The molecule has 3 atom stereocenters. The fraction of sp³-hybridized carbons (Fsp3) is 0.593. The van der Waals surface area contributed by atoms with Gasteiger partial charge in [-0.05, 0) is 43.2 Å². The number of aromatic nitrogens is 1. The summed E-state index contributed by atoms with van der Waals surface area (Å²) in [5.41, 5.74) is 1.33. The van der Waals surface area contributed by atoms with E-state index < -0.39 is 12.1 Å². The van der Waals surface area contributed by atoms with E-state index in [2.05, 4.69) is 29.5 Å². The van der Waals surface area contributed by atoms with Gasteiger partial charge in [-0.2, -0.15) is 0 Å². The molecule has 1 aromatic heterocycles.